The molecule has 1 aromatic carbocycles. The molecule has 0 nitrogen and oxygen atoms in total. The number of benzene rings is 1. The Bertz CT molecular complexity index is 693. The molecular weight excluding hydrogens is 280 g/mol. The predicted molar refractivity (Wildman–Crippen MR) is 88.8 cm³/mol. The third-order valence-electron chi connectivity index (χ3n) is 4.52. The average molecular weight is 296 g/mol. The summed E-state index contributed by atoms with van der Waals surface area (Å²) in [6, 6.07) is 15.6. The summed E-state index contributed by atoms with van der Waals surface area (Å²) >= 11 is 3.80. The molecule has 4 rings (SSSR count). The van der Waals surface area contributed by atoms with Gasteiger partial charge < -0.3 is 0 Å². The number of hydrogen-bond acceptors (Lipinski definition) is 2. The van der Waals surface area contributed by atoms with Gasteiger partial charge in [-0.3, -0.25) is 0 Å². The Morgan fingerprint density at radius 1 is 0.850 bits per heavy atom. The van der Waals surface area contributed by atoms with Crippen LogP contribution in [0.5, 0.6) is 0 Å². The number of fused-ring (bicyclic) bond motifs is 3. The van der Waals surface area contributed by atoms with Crippen molar-refractivity contribution < 1.29 is 0 Å². The van der Waals surface area contributed by atoms with Crippen molar-refractivity contribution in [3.05, 3.63) is 69.9 Å². The summed E-state index contributed by atoms with van der Waals surface area (Å²) in [5.41, 5.74) is 4.73. The summed E-state index contributed by atoms with van der Waals surface area (Å²) in [6.07, 6.45) is 2.27. The molecule has 100 valence electrons. The van der Waals surface area contributed by atoms with Gasteiger partial charge in [0.25, 0.3) is 0 Å². The van der Waals surface area contributed by atoms with Crippen LogP contribution in [0, 0.1) is 0 Å². The predicted octanol–water partition coefficient (Wildman–Crippen LogP) is 5.73. The number of thiophene rings is 2. The summed E-state index contributed by atoms with van der Waals surface area (Å²) in [5.74, 6) is 0. The second-order valence-electron chi connectivity index (χ2n) is 5.42. The molecular formula is C18H16S2. The van der Waals surface area contributed by atoms with Crippen LogP contribution in [0.3, 0.4) is 0 Å². The van der Waals surface area contributed by atoms with Crippen molar-refractivity contribution in [2.45, 2.75) is 25.2 Å². The molecule has 0 fully saturated rings. The monoisotopic (exact) mass is 296 g/mol. The van der Waals surface area contributed by atoms with E-state index in [4.69, 9.17) is 0 Å². The van der Waals surface area contributed by atoms with Crippen molar-refractivity contribution in [1.82, 2.24) is 0 Å². The first-order valence-corrected chi connectivity index (χ1v) is 8.81. The molecule has 2 aromatic heterocycles. The Labute approximate surface area is 127 Å². The molecule has 1 aliphatic rings. The molecule has 2 heterocycles. The molecule has 20 heavy (non-hydrogen) atoms. The zero-order valence-electron chi connectivity index (χ0n) is 11.4. The van der Waals surface area contributed by atoms with Gasteiger partial charge in [0.2, 0.25) is 0 Å². The maximum Gasteiger partial charge on any atom is 0.0486 e. The molecule has 0 saturated heterocycles. The third-order valence-corrected chi connectivity index (χ3v) is 6.51. The average Bonchev–Trinajstić information content (AvgIpc) is 3.17. The lowest BCUT2D eigenvalue weighted by molar-refractivity contribution is 0.506. The van der Waals surface area contributed by atoms with Crippen LogP contribution in [-0.4, -0.2) is 0 Å². The molecule has 0 saturated carbocycles. The molecule has 3 aromatic rings. The van der Waals surface area contributed by atoms with Crippen molar-refractivity contribution in [3.63, 3.8) is 0 Å². The van der Waals surface area contributed by atoms with E-state index >= 15 is 0 Å². The Kier molecular flexibility index (Phi) is 2.83. The largest absolute Gasteiger partial charge is 0.143 e. The van der Waals surface area contributed by atoms with Gasteiger partial charge in [0.15, 0.2) is 0 Å². The van der Waals surface area contributed by atoms with Gasteiger partial charge in [-0.2, -0.15) is 0 Å². The minimum Gasteiger partial charge on any atom is -0.143 e. The van der Waals surface area contributed by atoms with E-state index in [1.54, 1.807) is 11.1 Å². The number of rotatable bonds is 3. The van der Waals surface area contributed by atoms with Gasteiger partial charge >= 0.3 is 0 Å². The lowest BCUT2D eigenvalue weighted by Crippen LogP contribution is -2.26. The van der Waals surface area contributed by atoms with E-state index in [1.807, 2.05) is 22.7 Å². The van der Waals surface area contributed by atoms with Crippen LogP contribution in [0.4, 0.5) is 0 Å². The quantitative estimate of drug-likeness (QED) is 0.579. The first kappa shape index (κ1) is 12.4. The molecule has 0 N–H and O–H groups in total. The van der Waals surface area contributed by atoms with E-state index in [0.29, 0.717) is 0 Å². The fraction of sp³-hybridized carbons (Fsp3) is 0.222. The van der Waals surface area contributed by atoms with Gasteiger partial charge in [-0.25, -0.2) is 0 Å². The zero-order chi connectivity index (χ0) is 13.6. The Morgan fingerprint density at radius 3 is 2.00 bits per heavy atom. The smallest absolute Gasteiger partial charge is 0.0486 e. The van der Waals surface area contributed by atoms with E-state index < -0.39 is 0 Å². The van der Waals surface area contributed by atoms with Crippen molar-refractivity contribution in [2.75, 3.05) is 0 Å². The molecule has 0 bridgehead atoms. The second kappa shape index (κ2) is 4.57. The normalized spacial score (nSPS) is 15.1. The SMILES string of the molecule is CCC1(Cc2ccccc2)c2ccsc2-c2sccc21. The first-order valence-electron chi connectivity index (χ1n) is 7.05. The van der Waals surface area contributed by atoms with E-state index in [9.17, 15) is 0 Å². The maximum atomic E-state index is 2.35. The minimum absolute atomic E-state index is 0.187. The summed E-state index contributed by atoms with van der Waals surface area (Å²) in [4.78, 5) is 3.01. The van der Waals surface area contributed by atoms with Gasteiger partial charge in [-0.05, 0) is 52.4 Å². The van der Waals surface area contributed by atoms with Crippen LogP contribution >= 0.6 is 22.7 Å². The molecule has 0 amide bonds. The minimum atomic E-state index is 0.187. The van der Waals surface area contributed by atoms with Crippen LogP contribution in [0.15, 0.2) is 53.2 Å². The molecule has 2 heteroatoms. The van der Waals surface area contributed by atoms with Crippen molar-refractivity contribution >= 4 is 22.7 Å². The molecule has 0 radical (unpaired) electrons. The van der Waals surface area contributed by atoms with Gasteiger partial charge in [-0.15, -0.1) is 22.7 Å². The molecule has 0 unspecified atom stereocenters. The zero-order valence-corrected chi connectivity index (χ0v) is 13.1. The Morgan fingerprint density at radius 2 is 1.45 bits per heavy atom. The Balaban J connectivity index is 1.90. The van der Waals surface area contributed by atoms with Crippen LogP contribution in [0.2, 0.25) is 0 Å². The van der Waals surface area contributed by atoms with E-state index in [1.165, 1.54) is 15.3 Å². The molecule has 1 aliphatic carbocycles. The Hall–Kier alpha value is -1.38. The van der Waals surface area contributed by atoms with Crippen molar-refractivity contribution in [1.29, 1.82) is 0 Å². The maximum absolute atomic E-state index is 2.35. The fourth-order valence-corrected chi connectivity index (χ4v) is 5.69. The van der Waals surface area contributed by atoms with E-state index in [2.05, 4.69) is 60.1 Å². The standard InChI is InChI=1S/C18H16S2/c1-2-18(12-13-6-4-3-5-7-13)14-8-10-19-16(14)17-15(18)9-11-20-17/h3-11H,2,12H2,1H3. The van der Waals surface area contributed by atoms with Gasteiger partial charge in [-0.1, -0.05) is 37.3 Å². The molecule has 0 aliphatic heterocycles. The topological polar surface area (TPSA) is 0 Å². The highest BCUT2D eigenvalue weighted by Gasteiger charge is 2.43. The highest BCUT2D eigenvalue weighted by molar-refractivity contribution is 7.21. The molecule has 0 atom stereocenters. The number of hydrogen-bond donors (Lipinski definition) is 0. The summed E-state index contributed by atoms with van der Waals surface area (Å²) < 4.78 is 0. The lowest BCUT2D eigenvalue weighted by Gasteiger charge is -2.29. The van der Waals surface area contributed by atoms with E-state index in [0.717, 1.165) is 12.8 Å². The highest BCUT2D eigenvalue weighted by atomic mass is 32.1. The molecule has 0 spiro atoms. The van der Waals surface area contributed by atoms with E-state index in [-0.39, 0.29) is 5.41 Å². The van der Waals surface area contributed by atoms with Crippen molar-refractivity contribution in [2.24, 2.45) is 0 Å². The van der Waals surface area contributed by atoms with Crippen LogP contribution in [-0.2, 0) is 11.8 Å². The van der Waals surface area contributed by atoms with Crippen molar-refractivity contribution in [3.8, 4) is 9.75 Å². The van der Waals surface area contributed by atoms with Crippen LogP contribution in [0.1, 0.15) is 30.0 Å². The summed E-state index contributed by atoms with van der Waals surface area (Å²) in [7, 11) is 0. The third kappa shape index (κ3) is 1.58. The highest BCUT2D eigenvalue weighted by Crippen LogP contribution is 2.56. The van der Waals surface area contributed by atoms with Crippen LogP contribution < -0.4 is 0 Å². The van der Waals surface area contributed by atoms with Crippen LogP contribution in [0.25, 0.3) is 9.75 Å². The fourth-order valence-electron chi connectivity index (χ4n) is 3.51. The first-order chi connectivity index (χ1) is 9.85. The second-order valence-corrected chi connectivity index (χ2v) is 7.26. The summed E-state index contributed by atoms with van der Waals surface area (Å²) in [5, 5.41) is 4.51. The van der Waals surface area contributed by atoms with Gasteiger partial charge in [0, 0.05) is 15.2 Å². The lowest BCUT2D eigenvalue weighted by atomic mass is 9.73. The summed E-state index contributed by atoms with van der Waals surface area (Å²) in [6.45, 7) is 2.33. The van der Waals surface area contributed by atoms with Gasteiger partial charge in [0.1, 0.15) is 0 Å². The van der Waals surface area contributed by atoms with Gasteiger partial charge in [0.05, 0.1) is 0 Å².